The van der Waals surface area contributed by atoms with E-state index < -0.39 is 0 Å². The quantitative estimate of drug-likeness (QED) is 0.564. The number of rotatable bonds is 4. The Morgan fingerprint density at radius 2 is 2.45 bits per heavy atom. The molecule has 62 valence electrons. The molecule has 0 N–H and O–H groups in total. The molecule has 0 aromatic heterocycles. The van der Waals surface area contributed by atoms with Gasteiger partial charge in [-0.1, -0.05) is 25.6 Å². The number of thiocarbonyl (C=S) groups is 1. The summed E-state index contributed by atoms with van der Waals surface area (Å²) in [5, 5.41) is 8.64. The number of nitrogens with zero attached hydrogens (tertiary/aromatic N) is 1. The summed E-state index contributed by atoms with van der Waals surface area (Å²) >= 11 is 10.2. The molecule has 0 saturated heterocycles. The van der Waals surface area contributed by atoms with E-state index in [2.05, 4.69) is 25.6 Å². The van der Waals surface area contributed by atoms with Crippen LogP contribution in [0.25, 0.3) is 0 Å². The fraction of sp³-hybridized carbons (Fsp3) is 0.714. The van der Waals surface area contributed by atoms with Crippen LogP contribution < -0.4 is 0 Å². The second-order valence-corrected chi connectivity index (χ2v) is 4.94. The number of thiol groups is 1. The Morgan fingerprint density at radius 3 is 2.82 bits per heavy atom. The highest BCUT2D eigenvalue weighted by atomic mass is 32.2. The van der Waals surface area contributed by atoms with Crippen molar-refractivity contribution >= 4 is 40.1 Å². The van der Waals surface area contributed by atoms with Gasteiger partial charge in [-0.3, -0.25) is 0 Å². The first-order valence-electron chi connectivity index (χ1n) is 3.46. The van der Waals surface area contributed by atoms with Crippen molar-refractivity contribution in [3.05, 3.63) is 0 Å². The van der Waals surface area contributed by atoms with Crippen molar-refractivity contribution in [3.63, 3.8) is 0 Å². The normalized spacial score (nSPS) is 12.1. The van der Waals surface area contributed by atoms with Crippen LogP contribution in [-0.2, 0) is 0 Å². The van der Waals surface area contributed by atoms with E-state index in [1.165, 1.54) is 11.8 Å². The minimum atomic E-state index is 0.134. The molecule has 1 unspecified atom stereocenters. The second kappa shape index (κ2) is 6.96. The van der Waals surface area contributed by atoms with Gasteiger partial charge < -0.3 is 0 Å². The molecular formula is C7H11NS3. The third-order valence-electron chi connectivity index (χ3n) is 1.23. The standard InChI is InChI=1S/C7H11NS3/c1-2-3-6(4-8)5-11-7(9)10/h6H,2-3,5H2,1H3,(H,9,10). The van der Waals surface area contributed by atoms with Crippen molar-refractivity contribution in [2.45, 2.75) is 19.8 Å². The number of hydrogen-bond acceptors (Lipinski definition) is 3. The van der Waals surface area contributed by atoms with Gasteiger partial charge in [0.1, 0.15) is 3.53 Å². The van der Waals surface area contributed by atoms with Gasteiger partial charge in [-0.15, -0.1) is 24.4 Å². The third-order valence-corrected chi connectivity index (χ3v) is 2.78. The van der Waals surface area contributed by atoms with Gasteiger partial charge in [0.2, 0.25) is 0 Å². The lowest BCUT2D eigenvalue weighted by molar-refractivity contribution is 0.656. The predicted molar refractivity (Wildman–Crippen MR) is 58.1 cm³/mol. The number of hydrogen-bond donors (Lipinski definition) is 1. The lowest BCUT2D eigenvalue weighted by Gasteiger charge is -2.04. The van der Waals surface area contributed by atoms with Gasteiger partial charge in [-0.2, -0.15) is 5.26 Å². The van der Waals surface area contributed by atoms with Gasteiger partial charge in [0.05, 0.1) is 12.0 Å². The molecule has 0 aromatic carbocycles. The zero-order chi connectivity index (χ0) is 8.69. The maximum Gasteiger partial charge on any atom is 0.101 e. The van der Waals surface area contributed by atoms with Crippen LogP contribution in [0.4, 0.5) is 0 Å². The minimum absolute atomic E-state index is 0.134. The number of thioether (sulfide) groups is 1. The highest BCUT2D eigenvalue weighted by Crippen LogP contribution is 2.16. The molecule has 0 aliphatic rings. The van der Waals surface area contributed by atoms with E-state index >= 15 is 0 Å². The largest absolute Gasteiger partial charge is 0.198 e. The molecule has 0 aliphatic heterocycles. The average molecular weight is 205 g/mol. The van der Waals surface area contributed by atoms with Gasteiger partial charge >= 0.3 is 0 Å². The Bertz CT molecular complexity index is 162. The Labute approximate surface area is 83.0 Å². The smallest absolute Gasteiger partial charge is 0.101 e. The van der Waals surface area contributed by atoms with Gasteiger partial charge in [-0.25, -0.2) is 0 Å². The molecule has 4 heteroatoms. The highest BCUT2D eigenvalue weighted by Gasteiger charge is 2.05. The minimum Gasteiger partial charge on any atom is -0.198 e. The van der Waals surface area contributed by atoms with E-state index in [4.69, 9.17) is 17.5 Å². The molecule has 1 nitrogen and oxygen atoms in total. The first kappa shape index (κ1) is 11.3. The molecule has 0 bridgehead atoms. The molecule has 0 rings (SSSR count). The van der Waals surface area contributed by atoms with Crippen molar-refractivity contribution in [1.82, 2.24) is 0 Å². The van der Waals surface area contributed by atoms with Crippen molar-refractivity contribution in [3.8, 4) is 6.07 Å². The van der Waals surface area contributed by atoms with Crippen LogP contribution in [0.15, 0.2) is 0 Å². The Balaban J connectivity index is 3.54. The van der Waals surface area contributed by atoms with Crippen molar-refractivity contribution in [1.29, 1.82) is 5.26 Å². The zero-order valence-electron chi connectivity index (χ0n) is 6.41. The molecule has 0 heterocycles. The van der Waals surface area contributed by atoms with Gasteiger partial charge in [0, 0.05) is 5.75 Å². The summed E-state index contributed by atoms with van der Waals surface area (Å²) in [6, 6.07) is 2.24. The monoisotopic (exact) mass is 205 g/mol. The molecule has 0 fully saturated rings. The molecule has 0 amide bonds. The summed E-state index contributed by atoms with van der Waals surface area (Å²) in [6.07, 6.45) is 2.01. The van der Waals surface area contributed by atoms with Gasteiger partial charge in [-0.05, 0) is 6.42 Å². The highest BCUT2D eigenvalue weighted by molar-refractivity contribution is 8.41. The first-order chi connectivity index (χ1) is 5.20. The predicted octanol–water partition coefficient (Wildman–Crippen LogP) is 2.87. The maximum atomic E-state index is 8.64. The summed E-state index contributed by atoms with van der Waals surface area (Å²) in [7, 11) is 0. The lowest BCUT2D eigenvalue weighted by atomic mass is 10.1. The molecule has 0 aromatic rings. The summed E-state index contributed by atoms with van der Waals surface area (Å²) in [5.41, 5.74) is 0. The second-order valence-electron chi connectivity index (χ2n) is 2.19. The molecule has 0 spiro atoms. The van der Waals surface area contributed by atoms with Crippen molar-refractivity contribution in [2.75, 3.05) is 5.75 Å². The molecular weight excluding hydrogens is 194 g/mol. The summed E-state index contributed by atoms with van der Waals surface area (Å²) < 4.78 is 0.626. The summed E-state index contributed by atoms with van der Waals surface area (Å²) in [4.78, 5) is 0. The van der Waals surface area contributed by atoms with Gasteiger partial charge in [0.15, 0.2) is 0 Å². The van der Waals surface area contributed by atoms with Crippen LogP contribution in [0.1, 0.15) is 19.8 Å². The lowest BCUT2D eigenvalue weighted by Crippen LogP contribution is -2.00. The van der Waals surface area contributed by atoms with Crippen LogP contribution in [0.2, 0.25) is 0 Å². The van der Waals surface area contributed by atoms with E-state index in [9.17, 15) is 0 Å². The van der Waals surface area contributed by atoms with E-state index in [1.807, 2.05) is 0 Å². The van der Waals surface area contributed by atoms with E-state index in [-0.39, 0.29) is 5.92 Å². The van der Waals surface area contributed by atoms with Crippen LogP contribution in [0.5, 0.6) is 0 Å². The van der Waals surface area contributed by atoms with Crippen LogP contribution in [0, 0.1) is 17.2 Å². The zero-order valence-corrected chi connectivity index (χ0v) is 8.94. The van der Waals surface area contributed by atoms with Crippen LogP contribution >= 0.6 is 36.6 Å². The third kappa shape index (κ3) is 6.67. The van der Waals surface area contributed by atoms with Crippen LogP contribution in [0.3, 0.4) is 0 Å². The SMILES string of the molecule is CCCC(C#N)CSC(=S)S. The Kier molecular flexibility index (Phi) is 7.13. The fourth-order valence-electron chi connectivity index (χ4n) is 0.705. The van der Waals surface area contributed by atoms with E-state index in [1.54, 1.807) is 0 Å². The van der Waals surface area contributed by atoms with Crippen molar-refractivity contribution < 1.29 is 0 Å². The molecule has 11 heavy (non-hydrogen) atoms. The molecule has 0 radical (unpaired) electrons. The average Bonchev–Trinajstić information content (AvgIpc) is 1.97. The number of nitriles is 1. The van der Waals surface area contributed by atoms with Crippen LogP contribution in [-0.4, -0.2) is 9.28 Å². The molecule has 0 saturated carbocycles. The van der Waals surface area contributed by atoms with E-state index in [0.717, 1.165) is 18.6 Å². The van der Waals surface area contributed by atoms with Gasteiger partial charge in [0.25, 0.3) is 0 Å². The topological polar surface area (TPSA) is 23.8 Å². The Morgan fingerprint density at radius 1 is 1.82 bits per heavy atom. The summed E-state index contributed by atoms with van der Waals surface area (Å²) in [6.45, 7) is 2.08. The van der Waals surface area contributed by atoms with Crippen molar-refractivity contribution in [2.24, 2.45) is 5.92 Å². The molecule has 0 aliphatic carbocycles. The van der Waals surface area contributed by atoms with E-state index in [0.29, 0.717) is 3.53 Å². The molecule has 1 atom stereocenters. The fourth-order valence-corrected chi connectivity index (χ4v) is 1.72. The Hall–Kier alpha value is 0.280. The maximum absolute atomic E-state index is 8.64. The summed E-state index contributed by atoms with van der Waals surface area (Å²) in [5.74, 6) is 0.919. The first-order valence-corrected chi connectivity index (χ1v) is 5.30.